The van der Waals surface area contributed by atoms with Crippen molar-refractivity contribution in [1.29, 1.82) is 0 Å². The summed E-state index contributed by atoms with van der Waals surface area (Å²) in [6, 6.07) is 0.547. The Hall–Kier alpha value is -1.18. The lowest BCUT2D eigenvalue weighted by Gasteiger charge is -2.35. The van der Waals surface area contributed by atoms with Crippen LogP contribution in [0.25, 0.3) is 0 Å². The highest BCUT2D eigenvalue weighted by molar-refractivity contribution is 5.77. The van der Waals surface area contributed by atoms with Crippen LogP contribution in [-0.2, 0) is 19.1 Å². The molecule has 0 spiro atoms. The number of carbonyl (C=O) groups is 2. The quantitative estimate of drug-likeness (QED) is 0.649. The summed E-state index contributed by atoms with van der Waals surface area (Å²) in [4.78, 5) is 24.0. The standard InChI is InChI=1S/C12H20N2O5/c15-11(7-18-8-12(16)17)13-4-10-5-14-3-1-2-9(14)6-19-10/h9-10H,1-8H2,(H,13,15)(H,16,17). The molecule has 7 heteroatoms. The molecule has 2 rings (SSSR count). The van der Waals surface area contributed by atoms with Crippen LogP contribution in [0, 0.1) is 0 Å². The number of carboxylic acid groups (broad SMARTS) is 1. The highest BCUT2D eigenvalue weighted by Gasteiger charge is 2.32. The first-order valence-electron chi connectivity index (χ1n) is 6.57. The molecular formula is C12H20N2O5. The van der Waals surface area contributed by atoms with E-state index in [1.807, 2.05) is 0 Å². The number of hydrogen-bond donors (Lipinski definition) is 2. The van der Waals surface area contributed by atoms with Gasteiger partial charge in [-0.2, -0.15) is 0 Å². The molecule has 2 aliphatic rings. The first kappa shape index (κ1) is 14.2. The fourth-order valence-corrected chi connectivity index (χ4v) is 2.52. The summed E-state index contributed by atoms with van der Waals surface area (Å²) >= 11 is 0. The van der Waals surface area contributed by atoms with Crippen molar-refractivity contribution >= 4 is 11.9 Å². The van der Waals surface area contributed by atoms with Crippen LogP contribution in [-0.4, -0.2) is 73.5 Å². The number of nitrogens with zero attached hydrogens (tertiary/aromatic N) is 1. The molecule has 0 aromatic heterocycles. The molecule has 0 bridgehead atoms. The molecule has 19 heavy (non-hydrogen) atoms. The highest BCUT2D eigenvalue weighted by Crippen LogP contribution is 2.22. The maximum atomic E-state index is 11.4. The third-order valence-electron chi connectivity index (χ3n) is 3.45. The number of carboxylic acids is 1. The molecule has 0 radical (unpaired) electrons. The van der Waals surface area contributed by atoms with E-state index >= 15 is 0 Å². The van der Waals surface area contributed by atoms with Crippen molar-refractivity contribution in [2.24, 2.45) is 0 Å². The number of aliphatic carboxylic acids is 1. The predicted molar refractivity (Wildman–Crippen MR) is 65.8 cm³/mol. The number of carbonyl (C=O) groups excluding carboxylic acids is 1. The van der Waals surface area contributed by atoms with Gasteiger partial charge in [0.25, 0.3) is 0 Å². The summed E-state index contributed by atoms with van der Waals surface area (Å²) < 4.78 is 10.4. The molecule has 2 fully saturated rings. The summed E-state index contributed by atoms with van der Waals surface area (Å²) in [5.74, 6) is -1.39. The van der Waals surface area contributed by atoms with E-state index in [2.05, 4.69) is 10.2 Å². The zero-order chi connectivity index (χ0) is 13.7. The molecule has 0 aliphatic carbocycles. The molecule has 0 aromatic carbocycles. The maximum Gasteiger partial charge on any atom is 0.329 e. The number of amides is 1. The van der Waals surface area contributed by atoms with Crippen LogP contribution < -0.4 is 5.32 Å². The Morgan fingerprint density at radius 3 is 3.05 bits per heavy atom. The molecule has 1 amide bonds. The van der Waals surface area contributed by atoms with Crippen molar-refractivity contribution in [3.05, 3.63) is 0 Å². The van der Waals surface area contributed by atoms with Gasteiger partial charge in [0, 0.05) is 19.1 Å². The average molecular weight is 272 g/mol. The number of ether oxygens (including phenoxy) is 2. The summed E-state index contributed by atoms with van der Waals surface area (Å²) in [6.45, 7) is 2.45. The SMILES string of the molecule is O=C(O)COCC(=O)NCC1CN2CCCC2CO1. The van der Waals surface area contributed by atoms with E-state index in [4.69, 9.17) is 14.6 Å². The number of hydrogen-bond acceptors (Lipinski definition) is 5. The number of nitrogens with one attached hydrogen (secondary N) is 1. The van der Waals surface area contributed by atoms with Crippen LogP contribution in [0.3, 0.4) is 0 Å². The zero-order valence-electron chi connectivity index (χ0n) is 10.8. The van der Waals surface area contributed by atoms with Crippen LogP contribution >= 0.6 is 0 Å². The van der Waals surface area contributed by atoms with Crippen LogP contribution in [0.15, 0.2) is 0 Å². The molecule has 0 saturated carbocycles. The van der Waals surface area contributed by atoms with Crippen molar-refractivity contribution in [3.8, 4) is 0 Å². The lowest BCUT2D eigenvalue weighted by molar-refractivity contribution is -0.143. The second-order valence-corrected chi connectivity index (χ2v) is 4.94. The third kappa shape index (κ3) is 4.45. The van der Waals surface area contributed by atoms with E-state index in [0.717, 1.165) is 19.7 Å². The largest absolute Gasteiger partial charge is 0.480 e. The topological polar surface area (TPSA) is 88.1 Å². The minimum Gasteiger partial charge on any atom is -0.480 e. The molecule has 0 aromatic rings. The van der Waals surface area contributed by atoms with Crippen molar-refractivity contribution in [1.82, 2.24) is 10.2 Å². The summed E-state index contributed by atoms with van der Waals surface area (Å²) in [7, 11) is 0. The van der Waals surface area contributed by atoms with Crippen molar-refractivity contribution in [2.75, 3.05) is 39.5 Å². The van der Waals surface area contributed by atoms with Crippen molar-refractivity contribution < 1.29 is 24.2 Å². The number of rotatable bonds is 6. The smallest absolute Gasteiger partial charge is 0.329 e. The number of fused-ring (bicyclic) bond motifs is 1. The van der Waals surface area contributed by atoms with E-state index in [1.165, 1.54) is 12.8 Å². The first-order chi connectivity index (χ1) is 9.15. The first-order valence-corrected chi connectivity index (χ1v) is 6.57. The van der Waals surface area contributed by atoms with E-state index in [0.29, 0.717) is 12.6 Å². The van der Waals surface area contributed by atoms with Gasteiger partial charge in [-0.15, -0.1) is 0 Å². The van der Waals surface area contributed by atoms with E-state index in [9.17, 15) is 9.59 Å². The Labute approximate surface area is 111 Å². The Bertz CT molecular complexity index is 336. The molecule has 2 atom stereocenters. The van der Waals surface area contributed by atoms with Gasteiger partial charge in [-0.3, -0.25) is 9.69 Å². The van der Waals surface area contributed by atoms with Gasteiger partial charge in [0.05, 0.1) is 12.7 Å². The van der Waals surface area contributed by atoms with Crippen LogP contribution in [0.4, 0.5) is 0 Å². The van der Waals surface area contributed by atoms with Crippen LogP contribution in [0.1, 0.15) is 12.8 Å². The highest BCUT2D eigenvalue weighted by atomic mass is 16.5. The normalized spacial score (nSPS) is 26.9. The minimum atomic E-state index is -1.08. The van der Waals surface area contributed by atoms with Crippen LogP contribution in [0.2, 0.25) is 0 Å². The van der Waals surface area contributed by atoms with Gasteiger partial charge in [-0.25, -0.2) is 4.79 Å². The van der Waals surface area contributed by atoms with Gasteiger partial charge in [-0.1, -0.05) is 0 Å². The molecule has 2 aliphatic heterocycles. The summed E-state index contributed by atoms with van der Waals surface area (Å²) in [6.07, 6.45) is 2.43. The third-order valence-corrected chi connectivity index (χ3v) is 3.45. The van der Waals surface area contributed by atoms with Gasteiger partial charge in [-0.05, 0) is 19.4 Å². The second-order valence-electron chi connectivity index (χ2n) is 4.94. The lowest BCUT2D eigenvalue weighted by Crippen LogP contribution is -2.50. The van der Waals surface area contributed by atoms with Gasteiger partial charge < -0.3 is 19.9 Å². The van der Waals surface area contributed by atoms with Crippen molar-refractivity contribution in [2.45, 2.75) is 25.0 Å². The lowest BCUT2D eigenvalue weighted by atomic mass is 10.2. The minimum absolute atomic E-state index is 0.0118. The zero-order valence-corrected chi connectivity index (χ0v) is 10.8. The molecule has 2 saturated heterocycles. The fraction of sp³-hybridized carbons (Fsp3) is 0.833. The Balaban J connectivity index is 1.60. The van der Waals surface area contributed by atoms with E-state index in [1.54, 1.807) is 0 Å². The molecule has 108 valence electrons. The Morgan fingerprint density at radius 1 is 1.42 bits per heavy atom. The molecule has 2 N–H and O–H groups in total. The van der Waals surface area contributed by atoms with E-state index in [-0.39, 0.29) is 18.6 Å². The fourth-order valence-electron chi connectivity index (χ4n) is 2.52. The van der Waals surface area contributed by atoms with Gasteiger partial charge in [0.1, 0.15) is 13.2 Å². The van der Waals surface area contributed by atoms with Gasteiger partial charge in [0.15, 0.2) is 0 Å². The Morgan fingerprint density at radius 2 is 2.26 bits per heavy atom. The number of morpholine rings is 1. The summed E-state index contributed by atoms with van der Waals surface area (Å²) in [5.41, 5.74) is 0. The predicted octanol–water partition coefficient (Wildman–Crippen LogP) is -0.933. The molecule has 2 unspecified atom stereocenters. The van der Waals surface area contributed by atoms with Crippen LogP contribution in [0.5, 0.6) is 0 Å². The maximum absolute atomic E-state index is 11.4. The Kier molecular flexibility index (Phi) is 5.12. The average Bonchev–Trinajstić information content (AvgIpc) is 2.83. The monoisotopic (exact) mass is 272 g/mol. The summed E-state index contributed by atoms with van der Waals surface area (Å²) in [5, 5.41) is 11.1. The van der Waals surface area contributed by atoms with Crippen molar-refractivity contribution in [3.63, 3.8) is 0 Å². The molecular weight excluding hydrogens is 252 g/mol. The molecule has 2 heterocycles. The second kappa shape index (κ2) is 6.83. The van der Waals surface area contributed by atoms with Gasteiger partial charge in [0.2, 0.25) is 5.91 Å². The van der Waals surface area contributed by atoms with Gasteiger partial charge >= 0.3 is 5.97 Å². The van der Waals surface area contributed by atoms with E-state index < -0.39 is 12.6 Å². The molecule has 7 nitrogen and oxygen atoms in total.